The third kappa shape index (κ3) is 3.68. The van der Waals surface area contributed by atoms with Gasteiger partial charge < -0.3 is 9.47 Å². The van der Waals surface area contributed by atoms with Gasteiger partial charge in [0.1, 0.15) is 18.5 Å². The number of hydrogen-bond acceptors (Lipinski definition) is 6. The van der Waals surface area contributed by atoms with Crippen LogP contribution in [-0.4, -0.2) is 29.4 Å². The van der Waals surface area contributed by atoms with Gasteiger partial charge in [-0.1, -0.05) is 31.7 Å². The maximum atomic E-state index is 13.8. The van der Waals surface area contributed by atoms with E-state index in [-0.39, 0.29) is 29.5 Å². The SMILES string of the molecule is C=CCOc1cccc(C2C3=C(OC4CCC(C)CC4C3=O)C(=O)N2c2nc(C)c(C)s2)c1. The molecule has 3 heterocycles. The average molecular weight is 465 g/mol. The van der Waals surface area contributed by atoms with E-state index < -0.39 is 6.04 Å². The minimum atomic E-state index is -0.588. The molecule has 3 aliphatic rings. The number of amides is 1. The van der Waals surface area contributed by atoms with Crippen LogP contribution in [0.3, 0.4) is 0 Å². The predicted molar refractivity (Wildman–Crippen MR) is 127 cm³/mol. The average Bonchev–Trinajstić information content (AvgIpc) is 3.29. The summed E-state index contributed by atoms with van der Waals surface area (Å²) in [5, 5.41) is 0.583. The summed E-state index contributed by atoms with van der Waals surface area (Å²) in [7, 11) is 0. The van der Waals surface area contributed by atoms with Gasteiger partial charge in [0.15, 0.2) is 16.7 Å². The van der Waals surface area contributed by atoms with Crippen LogP contribution in [0.4, 0.5) is 5.13 Å². The number of ether oxygens (including phenoxy) is 2. The third-order valence-corrected chi connectivity index (χ3v) is 7.95. The van der Waals surface area contributed by atoms with Crippen LogP contribution in [0.15, 0.2) is 48.3 Å². The molecule has 1 saturated carbocycles. The van der Waals surface area contributed by atoms with Crippen molar-refractivity contribution in [1.29, 1.82) is 0 Å². The number of anilines is 1. The fourth-order valence-corrected chi connectivity index (χ4v) is 6.01. The second-order valence-corrected chi connectivity index (χ2v) is 10.4. The van der Waals surface area contributed by atoms with Crippen LogP contribution in [0.25, 0.3) is 0 Å². The standard InChI is InChI=1S/C26H28N2O4S/c1-5-11-31-18-8-6-7-17(13-18)22-21-23(29)19-12-14(2)9-10-20(19)32-24(21)25(30)28(22)26-27-15(3)16(4)33-26/h5-8,13-14,19-20,22H,1,9-12H2,2-4H3. The molecule has 1 aromatic heterocycles. The van der Waals surface area contributed by atoms with E-state index in [1.54, 1.807) is 11.0 Å². The molecular weight excluding hydrogens is 436 g/mol. The zero-order valence-corrected chi connectivity index (χ0v) is 20.0. The molecular formula is C26H28N2O4S. The van der Waals surface area contributed by atoms with Crippen LogP contribution in [0.1, 0.15) is 48.4 Å². The lowest BCUT2D eigenvalue weighted by Gasteiger charge is -2.37. The van der Waals surface area contributed by atoms with Crippen molar-refractivity contribution >= 4 is 28.2 Å². The second kappa shape index (κ2) is 8.45. The van der Waals surface area contributed by atoms with E-state index in [0.717, 1.165) is 35.4 Å². The molecule has 1 aliphatic carbocycles. The van der Waals surface area contributed by atoms with Gasteiger partial charge in [-0.25, -0.2) is 4.98 Å². The highest BCUT2D eigenvalue weighted by Crippen LogP contribution is 2.49. The van der Waals surface area contributed by atoms with Crippen molar-refractivity contribution in [3.8, 4) is 5.75 Å². The van der Waals surface area contributed by atoms with Gasteiger partial charge in [-0.15, -0.1) is 11.3 Å². The second-order valence-electron chi connectivity index (χ2n) is 9.18. The molecule has 0 radical (unpaired) electrons. The molecule has 1 fully saturated rings. The highest BCUT2D eigenvalue weighted by atomic mass is 32.1. The number of rotatable bonds is 5. The van der Waals surface area contributed by atoms with E-state index in [1.165, 1.54) is 11.3 Å². The Balaban J connectivity index is 1.63. The normalized spacial score (nSPS) is 26.7. The van der Waals surface area contributed by atoms with E-state index >= 15 is 0 Å². The molecule has 0 saturated heterocycles. The number of aryl methyl sites for hydroxylation is 2. The van der Waals surface area contributed by atoms with Crippen molar-refractivity contribution in [3.63, 3.8) is 0 Å². The molecule has 0 N–H and O–H groups in total. The first-order valence-corrected chi connectivity index (χ1v) is 12.3. The molecule has 172 valence electrons. The van der Waals surface area contributed by atoms with Crippen molar-refractivity contribution in [2.75, 3.05) is 11.5 Å². The van der Waals surface area contributed by atoms with E-state index in [0.29, 0.717) is 29.0 Å². The number of nitrogens with zero attached hydrogens (tertiary/aromatic N) is 2. The maximum absolute atomic E-state index is 13.8. The first-order valence-electron chi connectivity index (χ1n) is 11.4. The fraction of sp³-hybridized carbons (Fsp3) is 0.423. The topological polar surface area (TPSA) is 68.7 Å². The van der Waals surface area contributed by atoms with Crippen molar-refractivity contribution in [2.24, 2.45) is 11.8 Å². The molecule has 0 spiro atoms. The van der Waals surface area contributed by atoms with Gasteiger partial charge in [-0.05, 0) is 56.7 Å². The Kier molecular flexibility index (Phi) is 5.60. The molecule has 0 bridgehead atoms. The summed E-state index contributed by atoms with van der Waals surface area (Å²) in [6, 6.07) is 6.97. The van der Waals surface area contributed by atoms with Crippen molar-refractivity contribution in [1.82, 2.24) is 4.98 Å². The zero-order chi connectivity index (χ0) is 23.3. The first-order chi connectivity index (χ1) is 15.9. The highest BCUT2D eigenvalue weighted by Gasteiger charge is 2.53. The fourth-order valence-electron chi connectivity index (χ4n) is 5.08. The molecule has 33 heavy (non-hydrogen) atoms. The van der Waals surface area contributed by atoms with Gasteiger partial charge in [-0.3, -0.25) is 14.5 Å². The van der Waals surface area contributed by atoms with E-state index in [4.69, 9.17) is 9.47 Å². The smallest absolute Gasteiger partial charge is 0.296 e. The van der Waals surface area contributed by atoms with Crippen LogP contribution < -0.4 is 9.64 Å². The number of thiazole rings is 1. The molecule has 4 atom stereocenters. The summed E-state index contributed by atoms with van der Waals surface area (Å²) in [5.41, 5.74) is 2.14. The van der Waals surface area contributed by atoms with Gasteiger partial charge in [-0.2, -0.15) is 0 Å². The Morgan fingerprint density at radius 3 is 2.85 bits per heavy atom. The number of carbonyl (C=O) groups is 2. The maximum Gasteiger partial charge on any atom is 0.296 e. The number of Topliss-reactive ketones (excluding diaryl/α,β-unsaturated/α-hetero) is 1. The minimum absolute atomic E-state index is 0.0380. The van der Waals surface area contributed by atoms with Crippen molar-refractivity contribution in [2.45, 2.75) is 52.2 Å². The molecule has 1 aromatic carbocycles. The van der Waals surface area contributed by atoms with E-state index in [9.17, 15) is 9.59 Å². The van der Waals surface area contributed by atoms with Crippen LogP contribution in [0.5, 0.6) is 5.75 Å². The largest absolute Gasteiger partial charge is 0.490 e. The number of hydrogen-bond donors (Lipinski definition) is 0. The number of aromatic nitrogens is 1. The highest BCUT2D eigenvalue weighted by molar-refractivity contribution is 7.15. The Bertz CT molecular complexity index is 1150. The third-order valence-electron chi connectivity index (χ3n) is 6.87. The van der Waals surface area contributed by atoms with Crippen molar-refractivity contribution in [3.05, 3.63) is 64.4 Å². The molecule has 1 amide bonds. The number of carbonyl (C=O) groups excluding carboxylic acids is 2. The molecule has 4 unspecified atom stereocenters. The monoisotopic (exact) mass is 464 g/mol. The van der Waals surface area contributed by atoms with Crippen molar-refractivity contribution < 1.29 is 19.1 Å². The van der Waals surface area contributed by atoms with Crippen LogP contribution >= 0.6 is 11.3 Å². The van der Waals surface area contributed by atoms with E-state index in [1.807, 2.05) is 38.1 Å². The minimum Gasteiger partial charge on any atom is -0.490 e. The number of fused-ring (bicyclic) bond motifs is 1. The molecule has 2 aromatic rings. The first kappa shape index (κ1) is 21.9. The van der Waals surface area contributed by atoms with Gasteiger partial charge in [0.25, 0.3) is 5.91 Å². The summed E-state index contributed by atoms with van der Waals surface area (Å²) in [4.78, 5) is 34.9. The van der Waals surface area contributed by atoms with Gasteiger partial charge in [0, 0.05) is 4.88 Å². The summed E-state index contributed by atoms with van der Waals surface area (Å²) in [6.07, 6.45) is 4.06. The Morgan fingerprint density at radius 2 is 2.12 bits per heavy atom. The Morgan fingerprint density at radius 1 is 1.30 bits per heavy atom. The molecule has 6 nitrogen and oxygen atoms in total. The van der Waals surface area contributed by atoms with Crippen LogP contribution in [-0.2, 0) is 14.3 Å². The zero-order valence-electron chi connectivity index (χ0n) is 19.2. The predicted octanol–water partition coefficient (Wildman–Crippen LogP) is 5.07. The van der Waals surface area contributed by atoms with Crippen LogP contribution in [0, 0.1) is 25.7 Å². The number of benzene rings is 1. The summed E-state index contributed by atoms with van der Waals surface area (Å²) in [5.74, 6) is 0.871. The summed E-state index contributed by atoms with van der Waals surface area (Å²) < 4.78 is 12.0. The van der Waals surface area contributed by atoms with Gasteiger partial charge in [0.05, 0.1) is 23.2 Å². The quantitative estimate of drug-likeness (QED) is 0.578. The van der Waals surface area contributed by atoms with E-state index in [2.05, 4.69) is 18.5 Å². The van der Waals surface area contributed by atoms with Crippen LogP contribution in [0.2, 0.25) is 0 Å². The Labute approximate surface area is 197 Å². The summed E-state index contributed by atoms with van der Waals surface area (Å²) in [6.45, 7) is 10.2. The lowest BCUT2D eigenvalue weighted by Crippen LogP contribution is -2.41. The molecule has 2 aliphatic heterocycles. The molecule has 7 heteroatoms. The summed E-state index contributed by atoms with van der Waals surface area (Å²) >= 11 is 1.46. The molecule has 5 rings (SSSR count). The lowest BCUT2D eigenvalue weighted by molar-refractivity contribution is -0.132. The van der Waals surface area contributed by atoms with Gasteiger partial charge >= 0.3 is 0 Å². The number of ketones is 1. The van der Waals surface area contributed by atoms with Gasteiger partial charge in [0.2, 0.25) is 0 Å². The lowest BCUT2D eigenvalue weighted by atomic mass is 9.74. The Hall–Kier alpha value is -2.93.